The van der Waals surface area contributed by atoms with E-state index in [9.17, 15) is 10.2 Å². The SMILES string of the molecule is Cc1c(-c2ccc(Cl)cc2)n[nH]c1C(O)NN1CCCCC1O. The second-order valence-corrected chi connectivity index (χ2v) is 6.26. The second kappa shape index (κ2) is 6.98. The van der Waals surface area contributed by atoms with E-state index < -0.39 is 12.5 Å². The minimum absolute atomic E-state index is 0.572. The number of hydrogen-bond acceptors (Lipinski definition) is 5. The first-order chi connectivity index (χ1) is 11.1. The molecule has 1 aromatic heterocycles. The molecule has 0 amide bonds. The van der Waals surface area contributed by atoms with Crippen LogP contribution in [-0.4, -0.2) is 38.2 Å². The maximum Gasteiger partial charge on any atom is 0.160 e. The Morgan fingerprint density at radius 1 is 1.35 bits per heavy atom. The number of benzene rings is 1. The molecular weight excluding hydrogens is 316 g/mol. The van der Waals surface area contributed by atoms with Crippen molar-refractivity contribution in [2.24, 2.45) is 0 Å². The molecule has 0 radical (unpaired) electrons. The van der Waals surface area contributed by atoms with Gasteiger partial charge in [0.05, 0.1) is 11.4 Å². The molecular formula is C16H21ClN4O2. The third kappa shape index (κ3) is 3.57. The Balaban J connectivity index is 1.76. The highest BCUT2D eigenvalue weighted by Gasteiger charge is 2.24. The Morgan fingerprint density at radius 3 is 2.78 bits per heavy atom. The summed E-state index contributed by atoms with van der Waals surface area (Å²) in [5.41, 5.74) is 6.10. The summed E-state index contributed by atoms with van der Waals surface area (Å²) in [5.74, 6) is 0. The van der Waals surface area contributed by atoms with Crippen LogP contribution in [0.15, 0.2) is 24.3 Å². The smallest absolute Gasteiger partial charge is 0.160 e. The van der Waals surface area contributed by atoms with Gasteiger partial charge in [-0.2, -0.15) is 5.10 Å². The number of hydrogen-bond donors (Lipinski definition) is 4. The van der Waals surface area contributed by atoms with Crippen molar-refractivity contribution >= 4 is 11.6 Å². The summed E-state index contributed by atoms with van der Waals surface area (Å²) in [7, 11) is 0. The molecule has 1 saturated heterocycles. The Morgan fingerprint density at radius 2 is 2.09 bits per heavy atom. The average molecular weight is 337 g/mol. The van der Waals surface area contributed by atoms with Crippen molar-refractivity contribution in [2.45, 2.75) is 38.6 Å². The van der Waals surface area contributed by atoms with E-state index in [1.54, 1.807) is 5.01 Å². The molecule has 0 spiro atoms. The molecule has 0 bridgehead atoms. The average Bonchev–Trinajstić information content (AvgIpc) is 2.92. The summed E-state index contributed by atoms with van der Waals surface area (Å²) in [6, 6.07) is 7.40. The van der Waals surface area contributed by atoms with Gasteiger partial charge >= 0.3 is 0 Å². The molecule has 1 aliphatic heterocycles. The van der Waals surface area contributed by atoms with Crippen molar-refractivity contribution in [3.8, 4) is 11.3 Å². The number of rotatable bonds is 4. The Hall–Kier alpha value is -1.44. The van der Waals surface area contributed by atoms with Gasteiger partial charge in [-0.25, -0.2) is 10.4 Å². The zero-order chi connectivity index (χ0) is 16.4. The van der Waals surface area contributed by atoms with E-state index in [0.717, 1.165) is 29.7 Å². The van der Waals surface area contributed by atoms with E-state index in [-0.39, 0.29) is 0 Å². The molecule has 4 N–H and O–H groups in total. The number of nitrogens with zero attached hydrogens (tertiary/aromatic N) is 2. The molecule has 1 aliphatic rings. The number of nitrogens with one attached hydrogen (secondary N) is 2. The van der Waals surface area contributed by atoms with Crippen LogP contribution < -0.4 is 5.43 Å². The zero-order valence-corrected chi connectivity index (χ0v) is 13.7. The molecule has 0 aliphatic carbocycles. The number of aromatic amines is 1. The fourth-order valence-corrected chi connectivity index (χ4v) is 2.98. The number of piperidine rings is 1. The highest BCUT2D eigenvalue weighted by atomic mass is 35.5. The summed E-state index contributed by atoms with van der Waals surface area (Å²) in [4.78, 5) is 0. The fraction of sp³-hybridized carbons (Fsp3) is 0.438. The maximum absolute atomic E-state index is 10.4. The van der Waals surface area contributed by atoms with E-state index in [1.165, 1.54) is 0 Å². The Labute approximate surface area is 140 Å². The number of hydrazine groups is 1. The lowest BCUT2D eigenvalue weighted by Crippen LogP contribution is -2.49. The third-order valence-corrected chi connectivity index (χ3v) is 4.45. The van der Waals surface area contributed by atoms with Gasteiger partial charge in [0.15, 0.2) is 6.23 Å². The second-order valence-electron chi connectivity index (χ2n) is 5.82. The molecule has 0 saturated carbocycles. The molecule has 2 atom stereocenters. The highest BCUT2D eigenvalue weighted by Crippen LogP contribution is 2.27. The van der Waals surface area contributed by atoms with Crippen molar-refractivity contribution in [1.29, 1.82) is 0 Å². The summed E-state index contributed by atoms with van der Waals surface area (Å²) in [6.45, 7) is 2.61. The molecule has 1 fully saturated rings. The van der Waals surface area contributed by atoms with Crippen LogP contribution in [0, 0.1) is 6.92 Å². The van der Waals surface area contributed by atoms with Crippen LogP contribution in [-0.2, 0) is 0 Å². The lowest BCUT2D eigenvalue weighted by Gasteiger charge is -2.33. The highest BCUT2D eigenvalue weighted by molar-refractivity contribution is 6.30. The van der Waals surface area contributed by atoms with Gasteiger partial charge in [0.25, 0.3) is 0 Å². The summed E-state index contributed by atoms with van der Waals surface area (Å²) in [5, 5.41) is 29.9. The zero-order valence-electron chi connectivity index (χ0n) is 13.0. The van der Waals surface area contributed by atoms with E-state index in [1.807, 2.05) is 31.2 Å². The molecule has 7 heteroatoms. The van der Waals surface area contributed by atoms with Crippen molar-refractivity contribution in [3.05, 3.63) is 40.5 Å². The Bertz CT molecular complexity index is 659. The topological polar surface area (TPSA) is 84.4 Å². The first kappa shape index (κ1) is 16.4. The molecule has 23 heavy (non-hydrogen) atoms. The van der Waals surface area contributed by atoms with Gasteiger partial charge in [0.2, 0.25) is 0 Å². The summed E-state index contributed by atoms with van der Waals surface area (Å²) in [6.07, 6.45) is 1.18. The van der Waals surface area contributed by atoms with E-state index in [0.29, 0.717) is 23.7 Å². The van der Waals surface area contributed by atoms with Crippen LogP contribution in [0.3, 0.4) is 0 Å². The predicted octanol–water partition coefficient (Wildman–Crippen LogP) is 2.34. The van der Waals surface area contributed by atoms with Crippen molar-refractivity contribution in [2.75, 3.05) is 6.54 Å². The molecule has 2 heterocycles. The van der Waals surface area contributed by atoms with Crippen molar-refractivity contribution < 1.29 is 10.2 Å². The lowest BCUT2D eigenvalue weighted by atomic mass is 10.1. The normalized spacial score (nSPS) is 20.6. The van der Waals surface area contributed by atoms with Crippen LogP contribution in [0.2, 0.25) is 5.02 Å². The Kier molecular flexibility index (Phi) is 4.99. The van der Waals surface area contributed by atoms with Crippen molar-refractivity contribution in [3.63, 3.8) is 0 Å². The summed E-state index contributed by atoms with van der Waals surface area (Å²) < 4.78 is 0. The van der Waals surface area contributed by atoms with Gasteiger partial charge in [0, 0.05) is 22.7 Å². The number of halogens is 1. The fourth-order valence-electron chi connectivity index (χ4n) is 2.85. The van der Waals surface area contributed by atoms with Crippen LogP contribution in [0.4, 0.5) is 0 Å². The summed E-state index contributed by atoms with van der Waals surface area (Å²) >= 11 is 5.91. The number of aliphatic hydroxyl groups is 2. The molecule has 6 nitrogen and oxygen atoms in total. The third-order valence-electron chi connectivity index (χ3n) is 4.20. The monoisotopic (exact) mass is 336 g/mol. The number of aliphatic hydroxyl groups excluding tert-OH is 2. The van der Waals surface area contributed by atoms with E-state index in [4.69, 9.17) is 11.6 Å². The molecule has 2 unspecified atom stereocenters. The molecule has 3 rings (SSSR count). The van der Waals surface area contributed by atoms with Crippen LogP contribution in [0.1, 0.15) is 36.7 Å². The standard InChI is InChI=1S/C16H21ClN4O2/c1-10-14(11-5-7-12(17)8-6-11)18-19-15(10)16(23)20-21-9-3-2-4-13(21)22/h5-8,13,16,20,22-23H,2-4,9H2,1H3,(H,18,19). The minimum atomic E-state index is -0.948. The first-order valence-electron chi connectivity index (χ1n) is 7.76. The number of aromatic nitrogens is 2. The quantitative estimate of drug-likeness (QED) is 0.644. The van der Waals surface area contributed by atoms with Gasteiger partial charge in [-0.15, -0.1) is 0 Å². The largest absolute Gasteiger partial charge is 0.377 e. The van der Waals surface area contributed by atoms with E-state index >= 15 is 0 Å². The van der Waals surface area contributed by atoms with Gasteiger partial charge in [-0.1, -0.05) is 23.7 Å². The molecule has 124 valence electrons. The minimum Gasteiger partial charge on any atom is -0.377 e. The molecule has 1 aromatic carbocycles. The molecule has 2 aromatic rings. The lowest BCUT2D eigenvalue weighted by molar-refractivity contribution is -0.0955. The first-order valence-corrected chi connectivity index (χ1v) is 8.14. The van der Waals surface area contributed by atoms with Crippen molar-refractivity contribution in [1.82, 2.24) is 20.6 Å². The number of H-pyrrole nitrogens is 1. The predicted molar refractivity (Wildman–Crippen MR) is 88.4 cm³/mol. The van der Waals surface area contributed by atoms with E-state index in [2.05, 4.69) is 15.6 Å². The van der Waals surface area contributed by atoms with Gasteiger partial charge in [-0.05, 0) is 38.3 Å². The van der Waals surface area contributed by atoms with Crippen LogP contribution in [0.5, 0.6) is 0 Å². The van der Waals surface area contributed by atoms with Crippen LogP contribution in [0.25, 0.3) is 11.3 Å². The van der Waals surface area contributed by atoms with Gasteiger partial charge in [-0.3, -0.25) is 5.10 Å². The van der Waals surface area contributed by atoms with Crippen LogP contribution >= 0.6 is 11.6 Å². The maximum atomic E-state index is 10.4. The van der Waals surface area contributed by atoms with Gasteiger partial charge < -0.3 is 10.2 Å². The van der Waals surface area contributed by atoms with Gasteiger partial charge in [0.1, 0.15) is 6.23 Å².